The smallest absolute Gasteiger partial charge is 0.223 e. The van der Waals surface area contributed by atoms with Crippen molar-refractivity contribution in [1.29, 1.82) is 0 Å². The van der Waals surface area contributed by atoms with Gasteiger partial charge in [0, 0.05) is 36.9 Å². The molecule has 0 aromatic carbocycles. The molecule has 2 rings (SSSR count). The van der Waals surface area contributed by atoms with E-state index in [1.54, 1.807) is 6.20 Å². The minimum atomic E-state index is 0.236. The van der Waals surface area contributed by atoms with E-state index in [9.17, 15) is 4.79 Å². The lowest BCUT2D eigenvalue weighted by Gasteiger charge is -2.29. The van der Waals surface area contributed by atoms with Crippen molar-refractivity contribution in [3.05, 3.63) is 30.1 Å². The molecular weight excluding hydrogens is 250 g/mol. The number of pyridine rings is 1. The molecule has 1 unspecified atom stereocenters. The number of hydrogen-bond acceptors (Lipinski definition) is 3. The topological polar surface area (TPSA) is 45.2 Å². The van der Waals surface area contributed by atoms with E-state index < -0.39 is 0 Å². The van der Waals surface area contributed by atoms with E-state index in [4.69, 9.17) is 0 Å². The number of aromatic nitrogens is 1. The Balaban J connectivity index is 1.86. The monoisotopic (exact) mass is 275 g/mol. The minimum absolute atomic E-state index is 0.236. The van der Waals surface area contributed by atoms with Crippen LogP contribution in [0.5, 0.6) is 0 Å². The molecule has 1 amide bonds. The maximum atomic E-state index is 12.4. The zero-order valence-corrected chi connectivity index (χ0v) is 12.5. The van der Waals surface area contributed by atoms with E-state index in [0.29, 0.717) is 12.5 Å². The van der Waals surface area contributed by atoms with Crippen LogP contribution < -0.4 is 5.32 Å². The van der Waals surface area contributed by atoms with Gasteiger partial charge in [-0.1, -0.05) is 6.07 Å². The molecule has 1 atom stereocenters. The highest BCUT2D eigenvalue weighted by atomic mass is 16.2. The van der Waals surface area contributed by atoms with Gasteiger partial charge < -0.3 is 10.2 Å². The van der Waals surface area contributed by atoms with Gasteiger partial charge in [-0.15, -0.1) is 0 Å². The summed E-state index contributed by atoms with van der Waals surface area (Å²) in [6, 6.07) is 6.57. The van der Waals surface area contributed by atoms with Crippen molar-refractivity contribution in [2.24, 2.45) is 0 Å². The third kappa shape index (κ3) is 4.30. The number of amides is 1. The largest absolute Gasteiger partial charge is 0.339 e. The van der Waals surface area contributed by atoms with Crippen LogP contribution in [-0.2, 0) is 11.2 Å². The zero-order valence-electron chi connectivity index (χ0n) is 12.5. The average molecular weight is 275 g/mol. The van der Waals surface area contributed by atoms with Gasteiger partial charge in [0.1, 0.15) is 0 Å². The van der Waals surface area contributed by atoms with Crippen LogP contribution in [0.2, 0.25) is 0 Å². The summed E-state index contributed by atoms with van der Waals surface area (Å²) in [7, 11) is 0. The van der Waals surface area contributed by atoms with E-state index in [2.05, 4.69) is 24.1 Å². The molecule has 1 N–H and O–H groups in total. The summed E-state index contributed by atoms with van der Waals surface area (Å²) in [5, 5.41) is 3.46. The SMILES string of the molecule is CC(C)N(CC1CCCN1)C(=O)CCc1ccccn1. The second-order valence-corrected chi connectivity index (χ2v) is 5.75. The normalized spacial score (nSPS) is 18.4. The Morgan fingerprint density at radius 1 is 1.50 bits per heavy atom. The first kappa shape index (κ1) is 15.0. The summed E-state index contributed by atoms with van der Waals surface area (Å²) < 4.78 is 0. The van der Waals surface area contributed by atoms with E-state index in [0.717, 1.165) is 25.2 Å². The van der Waals surface area contributed by atoms with Gasteiger partial charge in [0.15, 0.2) is 0 Å². The molecule has 1 fully saturated rings. The molecule has 1 aromatic rings. The second kappa shape index (κ2) is 7.39. The van der Waals surface area contributed by atoms with Crippen LogP contribution in [0.3, 0.4) is 0 Å². The summed E-state index contributed by atoms with van der Waals surface area (Å²) in [4.78, 5) is 18.7. The maximum absolute atomic E-state index is 12.4. The molecular formula is C16H25N3O. The lowest BCUT2D eigenvalue weighted by atomic mass is 10.1. The van der Waals surface area contributed by atoms with Crippen molar-refractivity contribution in [1.82, 2.24) is 15.2 Å². The first-order valence-corrected chi connectivity index (χ1v) is 7.59. The van der Waals surface area contributed by atoms with E-state index in [1.165, 1.54) is 12.8 Å². The molecule has 0 radical (unpaired) electrons. The zero-order chi connectivity index (χ0) is 14.4. The Morgan fingerprint density at radius 2 is 2.35 bits per heavy atom. The van der Waals surface area contributed by atoms with Crippen molar-refractivity contribution in [3.8, 4) is 0 Å². The van der Waals surface area contributed by atoms with Gasteiger partial charge in [-0.3, -0.25) is 9.78 Å². The first-order chi connectivity index (χ1) is 9.66. The van der Waals surface area contributed by atoms with E-state index in [-0.39, 0.29) is 11.9 Å². The third-order valence-electron chi connectivity index (χ3n) is 3.84. The van der Waals surface area contributed by atoms with Crippen LogP contribution in [0.1, 0.15) is 38.8 Å². The number of hydrogen-bond donors (Lipinski definition) is 1. The molecule has 1 aliphatic rings. The molecule has 1 saturated heterocycles. The molecule has 0 spiro atoms. The first-order valence-electron chi connectivity index (χ1n) is 7.59. The Morgan fingerprint density at radius 3 is 2.95 bits per heavy atom. The highest BCUT2D eigenvalue weighted by Crippen LogP contribution is 2.11. The Labute approximate surface area is 121 Å². The summed E-state index contributed by atoms with van der Waals surface area (Å²) in [6.07, 6.45) is 5.45. The molecule has 1 aromatic heterocycles. The predicted molar refractivity (Wildman–Crippen MR) is 80.4 cm³/mol. The summed E-state index contributed by atoms with van der Waals surface area (Å²) in [5.41, 5.74) is 0.989. The van der Waals surface area contributed by atoms with E-state index in [1.807, 2.05) is 23.1 Å². The summed E-state index contributed by atoms with van der Waals surface area (Å²) >= 11 is 0. The van der Waals surface area contributed by atoms with Crippen molar-refractivity contribution < 1.29 is 4.79 Å². The number of nitrogens with zero attached hydrogens (tertiary/aromatic N) is 2. The maximum Gasteiger partial charge on any atom is 0.223 e. The third-order valence-corrected chi connectivity index (χ3v) is 3.84. The molecule has 4 heteroatoms. The quantitative estimate of drug-likeness (QED) is 0.863. The average Bonchev–Trinajstić information content (AvgIpc) is 2.96. The predicted octanol–water partition coefficient (Wildman–Crippen LogP) is 2.00. The number of carbonyl (C=O) groups excluding carboxylic acids is 1. The Kier molecular flexibility index (Phi) is 5.53. The molecule has 20 heavy (non-hydrogen) atoms. The molecule has 110 valence electrons. The number of rotatable bonds is 6. The molecule has 1 aliphatic heterocycles. The van der Waals surface area contributed by atoms with Gasteiger partial charge in [-0.25, -0.2) is 0 Å². The molecule has 0 bridgehead atoms. The van der Waals surface area contributed by atoms with Crippen molar-refractivity contribution in [2.75, 3.05) is 13.1 Å². The number of nitrogens with one attached hydrogen (secondary N) is 1. The summed E-state index contributed by atoms with van der Waals surface area (Å²) in [6.45, 7) is 6.10. The van der Waals surface area contributed by atoms with Crippen molar-refractivity contribution >= 4 is 5.91 Å². The minimum Gasteiger partial charge on any atom is -0.339 e. The highest BCUT2D eigenvalue weighted by Gasteiger charge is 2.23. The number of aryl methyl sites for hydroxylation is 1. The molecule has 4 nitrogen and oxygen atoms in total. The standard InChI is InChI=1S/C16H25N3O/c1-13(2)19(12-15-7-5-11-18-15)16(20)9-8-14-6-3-4-10-17-14/h3-4,6,10,13,15,18H,5,7-9,11-12H2,1-2H3. The highest BCUT2D eigenvalue weighted by molar-refractivity contribution is 5.76. The van der Waals surface area contributed by atoms with Crippen LogP contribution in [0.25, 0.3) is 0 Å². The molecule has 0 aliphatic carbocycles. The van der Waals surface area contributed by atoms with Crippen LogP contribution in [0.4, 0.5) is 0 Å². The molecule has 2 heterocycles. The molecule has 0 saturated carbocycles. The van der Waals surface area contributed by atoms with Gasteiger partial charge in [0.25, 0.3) is 0 Å². The fourth-order valence-corrected chi connectivity index (χ4v) is 2.68. The van der Waals surface area contributed by atoms with Crippen LogP contribution in [0.15, 0.2) is 24.4 Å². The second-order valence-electron chi connectivity index (χ2n) is 5.75. The lowest BCUT2D eigenvalue weighted by Crippen LogP contribution is -2.44. The van der Waals surface area contributed by atoms with Crippen LogP contribution >= 0.6 is 0 Å². The van der Waals surface area contributed by atoms with Crippen molar-refractivity contribution in [2.45, 2.75) is 51.6 Å². The van der Waals surface area contributed by atoms with Gasteiger partial charge in [0.2, 0.25) is 5.91 Å². The lowest BCUT2D eigenvalue weighted by molar-refractivity contribution is -0.133. The summed E-state index contributed by atoms with van der Waals surface area (Å²) in [5.74, 6) is 0.236. The van der Waals surface area contributed by atoms with Crippen LogP contribution in [0, 0.1) is 0 Å². The number of carbonyl (C=O) groups is 1. The van der Waals surface area contributed by atoms with Crippen molar-refractivity contribution in [3.63, 3.8) is 0 Å². The van der Waals surface area contributed by atoms with Crippen LogP contribution in [-0.4, -0.2) is 41.0 Å². The fourth-order valence-electron chi connectivity index (χ4n) is 2.68. The van der Waals surface area contributed by atoms with E-state index >= 15 is 0 Å². The van der Waals surface area contributed by atoms with Gasteiger partial charge in [-0.2, -0.15) is 0 Å². The Hall–Kier alpha value is -1.42. The van der Waals surface area contributed by atoms with Gasteiger partial charge >= 0.3 is 0 Å². The Bertz CT molecular complexity index is 413. The van der Waals surface area contributed by atoms with Gasteiger partial charge in [0.05, 0.1) is 0 Å². The van der Waals surface area contributed by atoms with Gasteiger partial charge in [-0.05, 0) is 51.8 Å². The fraction of sp³-hybridized carbons (Fsp3) is 0.625.